The minimum Gasteiger partial charge on any atom is -0.395 e. The molecule has 1 aromatic rings. The third kappa shape index (κ3) is 2.27. The van der Waals surface area contributed by atoms with Gasteiger partial charge in [0.2, 0.25) is 0 Å². The second-order valence-corrected chi connectivity index (χ2v) is 4.26. The summed E-state index contributed by atoms with van der Waals surface area (Å²) in [6.45, 7) is 0.797. The maximum absolute atomic E-state index is 9.15. The smallest absolute Gasteiger partial charge is 0.146 e. The van der Waals surface area contributed by atoms with Gasteiger partial charge in [0.1, 0.15) is 5.82 Å². The summed E-state index contributed by atoms with van der Waals surface area (Å²) in [4.78, 5) is 6.31. The van der Waals surface area contributed by atoms with Crippen molar-refractivity contribution in [2.24, 2.45) is 0 Å². The van der Waals surface area contributed by atoms with Crippen molar-refractivity contribution < 1.29 is 5.11 Å². The highest BCUT2D eigenvalue weighted by Crippen LogP contribution is 2.30. The highest BCUT2D eigenvalue weighted by molar-refractivity contribution is 5.63. The molecule has 0 aliphatic heterocycles. The van der Waals surface area contributed by atoms with Crippen LogP contribution in [0, 0.1) is 0 Å². The zero-order valence-electron chi connectivity index (χ0n) is 9.47. The molecule has 0 bridgehead atoms. The van der Waals surface area contributed by atoms with Gasteiger partial charge in [0.15, 0.2) is 0 Å². The molecule has 0 saturated heterocycles. The predicted molar refractivity (Wildman–Crippen MR) is 65.3 cm³/mol. The fourth-order valence-electron chi connectivity index (χ4n) is 2.48. The Morgan fingerprint density at radius 3 is 2.81 bits per heavy atom. The monoisotopic (exact) mass is 221 g/mol. The van der Waals surface area contributed by atoms with E-state index in [1.54, 1.807) is 6.20 Å². The van der Waals surface area contributed by atoms with E-state index < -0.39 is 0 Å². The first-order chi connectivity index (χ1) is 7.83. The van der Waals surface area contributed by atoms with E-state index in [2.05, 4.69) is 9.88 Å². The molecule has 1 fully saturated rings. The summed E-state index contributed by atoms with van der Waals surface area (Å²) in [6, 6.07) is 4.39. The van der Waals surface area contributed by atoms with Crippen LogP contribution in [0.5, 0.6) is 0 Å². The first-order valence-corrected chi connectivity index (χ1v) is 5.91. The van der Waals surface area contributed by atoms with Crippen LogP contribution in [0.1, 0.15) is 25.7 Å². The van der Waals surface area contributed by atoms with Crippen LogP contribution >= 0.6 is 0 Å². The normalized spacial score (nSPS) is 16.6. The number of aliphatic hydroxyl groups excluding tert-OH is 1. The van der Waals surface area contributed by atoms with Gasteiger partial charge in [-0.2, -0.15) is 0 Å². The number of rotatable bonds is 4. The van der Waals surface area contributed by atoms with Gasteiger partial charge in [0.25, 0.3) is 0 Å². The second kappa shape index (κ2) is 5.16. The highest BCUT2D eigenvalue weighted by atomic mass is 16.3. The van der Waals surface area contributed by atoms with Crippen molar-refractivity contribution >= 4 is 11.5 Å². The zero-order valence-corrected chi connectivity index (χ0v) is 9.47. The average molecular weight is 221 g/mol. The molecule has 0 atom stereocenters. The first-order valence-electron chi connectivity index (χ1n) is 5.91. The maximum Gasteiger partial charge on any atom is 0.146 e. The number of aromatic nitrogens is 1. The third-order valence-electron chi connectivity index (χ3n) is 3.23. The first kappa shape index (κ1) is 11.2. The summed E-state index contributed by atoms with van der Waals surface area (Å²) in [7, 11) is 0. The van der Waals surface area contributed by atoms with E-state index in [0.717, 1.165) is 5.69 Å². The number of hydrogen-bond acceptors (Lipinski definition) is 4. The Kier molecular flexibility index (Phi) is 3.62. The Hall–Kier alpha value is -1.29. The van der Waals surface area contributed by atoms with Crippen LogP contribution in [0.3, 0.4) is 0 Å². The topological polar surface area (TPSA) is 62.4 Å². The quantitative estimate of drug-likeness (QED) is 0.807. The Morgan fingerprint density at radius 2 is 2.19 bits per heavy atom. The van der Waals surface area contributed by atoms with Gasteiger partial charge in [0, 0.05) is 18.8 Å². The second-order valence-electron chi connectivity index (χ2n) is 4.26. The molecule has 0 unspecified atom stereocenters. The summed E-state index contributed by atoms with van der Waals surface area (Å²) in [5.74, 6) is 0.558. The molecule has 88 valence electrons. The maximum atomic E-state index is 9.15. The van der Waals surface area contributed by atoms with Crippen LogP contribution in [0.2, 0.25) is 0 Å². The fraction of sp³-hybridized carbons (Fsp3) is 0.583. The highest BCUT2D eigenvalue weighted by Gasteiger charge is 2.23. The average Bonchev–Trinajstić information content (AvgIpc) is 2.80. The third-order valence-corrected chi connectivity index (χ3v) is 3.23. The van der Waals surface area contributed by atoms with E-state index in [1.165, 1.54) is 25.7 Å². The van der Waals surface area contributed by atoms with E-state index >= 15 is 0 Å². The largest absolute Gasteiger partial charge is 0.395 e. The molecule has 1 aromatic heterocycles. The summed E-state index contributed by atoms with van der Waals surface area (Å²) in [6.07, 6.45) is 6.62. The van der Waals surface area contributed by atoms with E-state index in [0.29, 0.717) is 18.4 Å². The van der Waals surface area contributed by atoms with Gasteiger partial charge in [-0.1, -0.05) is 12.8 Å². The number of pyridine rings is 1. The summed E-state index contributed by atoms with van der Waals surface area (Å²) in [5, 5.41) is 9.15. The van der Waals surface area contributed by atoms with Crippen molar-refractivity contribution in [3.63, 3.8) is 0 Å². The predicted octanol–water partition coefficient (Wildman–Crippen LogP) is 1.41. The Balaban J connectivity index is 2.21. The van der Waals surface area contributed by atoms with Crippen LogP contribution in [0.4, 0.5) is 11.5 Å². The minimum atomic E-state index is 0.158. The number of aliphatic hydroxyl groups is 1. The SMILES string of the molecule is Nc1ncccc1N(CCO)C1CCCC1. The standard InChI is InChI=1S/C12H19N3O/c13-12-11(6-3-7-14-12)15(8-9-16)10-4-1-2-5-10/h3,6-7,10,16H,1-2,4-5,8-9H2,(H2,13,14). The number of hydrogen-bond donors (Lipinski definition) is 2. The van der Waals surface area contributed by atoms with Gasteiger partial charge in [-0.25, -0.2) is 4.98 Å². The molecule has 4 heteroatoms. The number of nitrogen functional groups attached to an aromatic ring is 1. The van der Waals surface area contributed by atoms with Crippen molar-refractivity contribution in [3.05, 3.63) is 18.3 Å². The summed E-state index contributed by atoms with van der Waals surface area (Å²) in [5.41, 5.74) is 6.85. The van der Waals surface area contributed by atoms with Crippen LogP contribution in [-0.4, -0.2) is 29.3 Å². The molecule has 16 heavy (non-hydrogen) atoms. The number of nitrogens with two attached hydrogens (primary N) is 1. The molecule has 2 rings (SSSR count). The Labute approximate surface area is 96.1 Å². The zero-order chi connectivity index (χ0) is 11.4. The molecule has 1 aliphatic rings. The van der Waals surface area contributed by atoms with Crippen molar-refractivity contribution in [1.29, 1.82) is 0 Å². The van der Waals surface area contributed by atoms with Gasteiger partial charge < -0.3 is 15.7 Å². The molecule has 0 aromatic carbocycles. The molecular weight excluding hydrogens is 202 g/mol. The lowest BCUT2D eigenvalue weighted by Gasteiger charge is -2.31. The van der Waals surface area contributed by atoms with E-state index in [9.17, 15) is 0 Å². The van der Waals surface area contributed by atoms with Crippen molar-refractivity contribution in [1.82, 2.24) is 4.98 Å². The van der Waals surface area contributed by atoms with Crippen LogP contribution in [-0.2, 0) is 0 Å². The lowest BCUT2D eigenvalue weighted by molar-refractivity contribution is 0.297. The molecule has 4 nitrogen and oxygen atoms in total. The molecule has 3 N–H and O–H groups in total. The van der Waals surface area contributed by atoms with Gasteiger partial charge >= 0.3 is 0 Å². The Bertz CT molecular complexity index is 337. The molecule has 0 spiro atoms. The van der Waals surface area contributed by atoms with Gasteiger partial charge in [-0.05, 0) is 25.0 Å². The summed E-state index contributed by atoms with van der Waals surface area (Å²) >= 11 is 0. The van der Waals surface area contributed by atoms with E-state index in [1.807, 2.05) is 12.1 Å². The molecule has 1 aliphatic carbocycles. The van der Waals surface area contributed by atoms with Gasteiger partial charge in [-0.15, -0.1) is 0 Å². The van der Waals surface area contributed by atoms with E-state index in [-0.39, 0.29) is 6.61 Å². The lowest BCUT2D eigenvalue weighted by Crippen LogP contribution is -2.36. The minimum absolute atomic E-state index is 0.158. The number of nitrogens with zero attached hydrogens (tertiary/aromatic N) is 2. The molecule has 1 saturated carbocycles. The van der Waals surface area contributed by atoms with Crippen LogP contribution in [0.15, 0.2) is 18.3 Å². The van der Waals surface area contributed by atoms with E-state index in [4.69, 9.17) is 10.8 Å². The van der Waals surface area contributed by atoms with Crippen molar-refractivity contribution in [2.45, 2.75) is 31.7 Å². The molecule has 1 heterocycles. The molecular formula is C12H19N3O. The lowest BCUT2D eigenvalue weighted by atomic mass is 10.2. The molecule has 0 radical (unpaired) electrons. The molecule has 0 amide bonds. The fourth-order valence-corrected chi connectivity index (χ4v) is 2.48. The van der Waals surface area contributed by atoms with Crippen molar-refractivity contribution in [3.8, 4) is 0 Å². The Morgan fingerprint density at radius 1 is 1.44 bits per heavy atom. The van der Waals surface area contributed by atoms with Crippen molar-refractivity contribution in [2.75, 3.05) is 23.8 Å². The number of anilines is 2. The van der Waals surface area contributed by atoms with Crippen LogP contribution in [0.25, 0.3) is 0 Å². The van der Waals surface area contributed by atoms with Crippen LogP contribution < -0.4 is 10.6 Å². The van der Waals surface area contributed by atoms with Gasteiger partial charge in [-0.3, -0.25) is 0 Å². The van der Waals surface area contributed by atoms with Gasteiger partial charge in [0.05, 0.1) is 12.3 Å². The summed E-state index contributed by atoms with van der Waals surface area (Å²) < 4.78 is 0.